The third-order valence-corrected chi connectivity index (χ3v) is 3.57. The highest BCUT2D eigenvalue weighted by molar-refractivity contribution is 7.91. The van der Waals surface area contributed by atoms with E-state index in [1.165, 1.54) is 0 Å². The van der Waals surface area contributed by atoms with Gasteiger partial charge < -0.3 is 0 Å². The van der Waals surface area contributed by atoms with Crippen molar-refractivity contribution in [3.05, 3.63) is 57.0 Å². The minimum atomic E-state index is -3.47. The van der Waals surface area contributed by atoms with Crippen LogP contribution in [0.4, 0.5) is 5.95 Å². The predicted octanol–water partition coefficient (Wildman–Crippen LogP) is 1.35. The van der Waals surface area contributed by atoms with Crippen LogP contribution in [0.5, 0.6) is 0 Å². The van der Waals surface area contributed by atoms with Crippen molar-refractivity contribution < 1.29 is 8.42 Å². The van der Waals surface area contributed by atoms with Crippen LogP contribution in [0.2, 0.25) is 0 Å². The summed E-state index contributed by atoms with van der Waals surface area (Å²) >= 11 is 0. The highest BCUT2D eigenvalue weighted by atomic mass is 32.2. The number of rotatable bonds is 4. The zero-order valence-corrected chi connectivity index (χ0v) is 12.9. The van der Waals surface area contributed by atoms with Crippen LogP contribution < -0.4 is 10.3 Å². The highest BCUT2D eigenvalue weighted by Gasteiger charge is 2.11. The molecule has 6 nitrogen and oxygen atoms in total. The van der Waals surface area contributed by atoms with E-state index in [4.69, 9.17) is 0 Å². The Kier molecular flexibility index (Phi) is 4.13. The Labute approximate surface area is 123 Å². The second-order valence-corrected chi connectivity index (χ2v) is 6.76. The van der Waals surface area contributed by atoms with Gasteiger partial charge in [0, 0.05) is 12.0 Å². The van der Waals surface area contributed by atoms with Gasteiger partial charge in [-0.15, -0.1) is 0 Å². The van der Waals surface area contributed by atoms with Crippen molar-refractivity contribution in [2.24, 2.45) is 0 Å². The number of aryl methyl sites for hydroxylation is 2. The molecule has 0 saturated heterocycles. The van der Waals surface area contributed by atoms with E-state index < -0.39 is 10.0 Å². The first-order chi connectivity index (χ1) is 9.74. The Morgan fingerprint density at radius 1 is 1.19 bits per heavy atom. The molecule has 1 aromatic carbocycles. The van der Waals surface area contributed by atoms with Crippen LogP contribution in [-0.2, 0) is 16.4 Å². The number of H-pyrrole nitrogens is 1. The molecule has 0 saturated carbocycles. The van der Waals surface area contributed by atoms with Gasteiger partial charge in [-0.25, -0.2) is 13.4 Å². The molecule has 21 heavy (non-hydrogen) atoms. The van der Waals surface area contributed by atoms with Crippen molar-refractivity contribution in [2.75, 3.05) is 11.0 Å². The Balaban J connectivity index is 2.33. The molecule has 0 unspecified atom stereocenters. The minimum absolute atomic E-state index is 0.0624. The molecular formula is C14H17N3O3S. The van der Waals surface area contributed by atoms with Crippen LogP contribution in [-0.4, -0.2) is 24.6 Å². The molecule has 2 rings (SSSR count). The number of anilines is 1. The molecule has 0 aliphatic carbocycles. The van der Waals surface area contributed by atoms with Gasteiger partial charge >= 0.3 is 0 Å². The molecule has 0 atom stereocenters. The van der Waals surface area contributed by atoms with E-state index >= 15 is 0 Å². The van der Waals surface area contributed by atoms with Crippen LogP contribution in [0.15, 0.2) is 29.1 Å². The summed E-state index contributed by atoms with van der Waals surface area (Å²) in [7, 11) is -3.47. The van der Waals surface area contributed by atoms with E-state index in [1.54, 1.807) is 6.92 Å². The normalized spacial score (nSPS) is 11.4. The quantitative estimate of drug-likeness (QED) is 0.892. The number of aromatic nitrogens is 2. The number of sulfonamides is 1. The van der Waals surface area contributed by atoms with Gasteiger partial charge in [0.1, 0.15) is 0 Å². The summed E-state index contributed by atoms with van der Waals surface area (Å²) in [5.41, 5.74) is 2.84. The third kappa shape index (κ3) is 4.16. The van der Waals surface area contributed by atoms with Crippen molar-refractivity contribution in [1.82, 2.24) is 9.97 Å². The fourth-order valence-corrected chi connectivity index (χ4v) is 2.40. The van der Waals surface area contributed by atoms with Gasteiger partial charge in [0.15, 0.2) is 0 Å². The summed E-state index contributed by atoms with van der Waals surface area (Å²) < 4.78 is 24.5. The van der Waals surface area contributed by atoms with Gasteiger partial charge in [-0.2, -0.15) is 0 Å². The summed E-state index contributed by atoms with van der Waals surface area (Å²) in [6.45, 7) is 3.68. The molecule has 2 aromatic rings. The first-order valence-corrected chi connectivity index (χ1v) is 8.27. The van der Waals surface area contributed by atoms with E-state index in [0.29, 0.717) is 17.7 Å². The summed E-state index contributed by atoms with van der Waals surface area (Å²) in [5.74, 6) is -0.0624. The monoisotopic (exact) mass is 307 g/mol. The van der Waals surface area contributed by atoms with Gasteiger partial charge in [-0.05, 0) is 19.4 Å². The number of hydrogen-bond donors (Lipinski definition) is 2. The van der Waals surface area contributed by atoms with Gasteiger partial charge in [-0.3, -0.25) is 14.5 Å². The molecule has 112 valence electrons. The highest BCUT2D eigenvalue weighted by Crippen LogP contribution is 2.11. The maximum Gasteiger partial charge on any atom is 0.256 e. The lowest BCUT2D eigenvalue weighted by Crippen LogP contribution is -2.21. The molecular weight excluding hydrogens is 290 g/mol. The van der Waals surface area contributed by atoms with Crippen molar-refractivity contribution in [3.8, 4) is 0 Å². The molecule has 2 N–H and O–H groups in total. The van der Waals surface area contributed by atoms with Crippen LogP contribution in [0.3, 0.4) is 0 Å². The number of benzene rings is 1. The first-order valence-electron chi connectivity index (χ1n) is 6.38. The second-order valence-electron chi connectivity index (χ2n) is 5.02. The summed E-state index contributed by atoms with van der Waals surface area (Å²) in [6.07, 6.45) is 1.45. The number of hydrogen-bond acceptors (Lipinski definition) is 4. The van der Waals surface area contributed by atoms with Gasteiger partial charge in [0.2, 0.25) is 16.0 Å². The maximum absolute atomic E-state index is 12.1. The maximum atomic E-state index is 12.1. The second kappa shape index (κ2) is 5.69. The van der Waals surface area contributed by atoms with Crippen molar-refractivity contribution in [3.63, 3.8) is 0 Å². The smallest absolute Gasteiger partial charge is 0.256 e. The van der Waals surface area contributed by atoms with Crippen LogP contribution in [0.25, 0.3) is 0 Å². The average molecular weight is 307 g/mol. The molecule has 7 heteroatoms. The summed E-state index contributed by atoms with van der Waals surface area (Å²) in [4.78, 5) is 18.6. The topological polar surface area (TPSA) is 91.9 Å². The molecule has 0 aliphatic heterocycles. The van der Waals surface area contributed by atoms with Gasteiger partial charge in [0.25, 0.3) is 5.56 Å². The molecule has 0 radical (unpaired) electrons. The fraction of sp³-hybridized carbons (Fsp3) is 0.286. The van der Waals surface area contributed by atoms with Crippen molar-refractivity contribution in [2.45, 2.75) is 20.3 Å². The van der Waals surface area contributed by atoms with E-state index in [2.05, 4.69) is 14.7 Å². The fourth-order valence-electron chi connectivity index (χ4n) is 1.95. The Morgan fingerprint density at radius 2 is 1.81 bits per heavy atom. The largest absolute Gasteiger partial charge is 0.292 e. The van der Waals surface area contributed by atoms with E-state index in [-0.39, 0.29) is 11.5 Å². The van der Waals surface area contributed by atoms with E-state index in [9.17, 15) is 13.2 Å². The standard InChI is InChI=1S/C14H17N3O3S/c1-9-4-6-11(7-5-9)8-12-10(2)15-14(16-13(12)18)17-21(3,19)20/h4-7H,8H2,1-3H3,(H2,15,16,17,18). The Bertz CT molecular complexity index is 808. The molecule has 1 aromatic heterocycles. The molecule has 0 bridgehead atoms. The van der Waals surface area contributed by atoms with Crippen molar-refractivity contribution in [1.29, 1.82) is 0 Å². The molecule has 0 amide bonds. The van der Waals surface area contributed by atoms with Crippen molar-refractivity contribution >= 4 is 16.0 Å². The first kappa shape index (κ1) is 15.2. The molecule has 0 spiro atoms. The minimum Gasteiger partial charge on any atom is -0.292 e. The lowest BCUT2D eigenvalue weighted by atomic mass is 10.0. The zero-order chi connectivity index (χ0) is 15.6. The summed E-state index contributed by atoms with van der Waals surface area (Å²) in [6, 6.07) is 7.87. The number of nitrogens with zero attached hydrogens (tertiary/aromatic N) is 1. The Morgan fingerprint density at radius 3 is 2.33 bits per heavy atom. The predicted molar refractivity (Wildman–Crippen MR) is 82.0 cm³/mol. The van der Waals surface area contributed by atoms with Crippen LogP contribution >= 0.6 is 0 Å². The lowest BCUT2D eigenvalue weighted by molar-refractivity contribution is 0.606. The molecule has 0 fully saturated rings. The third-order valence-electron chi connectivity index (χ3n) is 3.01. The average Bonchev–Trinajstić information content (AvgIpc) is 2.34. The summed E-state index contributed by atoms with van der Waals surface area (Å²) in [5, 5.41) is 0. The van der Waals surface area contributed by atoms with Crippen LogP contribution in [0, 0.1) is 13.8 Å². The van der Waals surface area contributed by atoms with Gasteiger partial charge in [0.05, 0.1) is 11.9 Å². The van der Waals surface area contributed by atoms with E-state index in [0.717, 1.165) is 17.4 Å². The SMILES string of the molecule is Cc1ccc(Cc2c(C)nc(NS(C)(=O)=O)[nH]c2=O)cc1. The Hall–Kier alpha value is -2.15. The van der Waals surface area contributed by atoms with E-state index in [1.807, 2.05) is 31.2 Å². The number of nitrogens with one attached hydrogen (secondary N) is 2. The van der Waals surface area contributed by atoms with Crippen LogP contribution in [0.1, 0.15) is 22.4 Å². The number of aromatic amines is 1. The molecule has 1 heterocycles. The zero-order valence-electron chi connectivity index (χ0n) is 12.1. The van der Waals surface area contributed by atoms with Gasteiger partial charge in [-0.1, -0.05) is 29.8 Å². The molecule has 0 aliphatic rings. The lowest BCUT2D eigenvalue weighted by Gasteiger charge is -2.08.